The molecule has 25 heavy (non-hydrogen) atoms. The summed E-state index contributed by atoms with van der Waals surface area (Å²) in [5.41, 5.74) is 8.45. The number of anilines is 1. The van der Waals surface area contributed by atoms with E-state index >= 15 is 0 Å². The number of imidazole rings is 1. The number of aromatic nitrogens is 2. The molecule has 0 aliphatic carbocycles. The predicted octanol–water partition coefficient (Wildman–Crippen LogP) is 2.64. The second-order valence-electron chi connectivity index (χ2n) is 5.82. The molecule has 6 nitrogen and oxygen atoms in total. The van der Waals surface area contributed by atoms with Crippen LogP contribution in [0.4, 0.5) is 5.69 Å². The standard InChI is InChI=1S/C17H22N4O2.2ClH/c1-23-11-14(18)17(22)19-13-7-5-12(6-8-13)15-10-21-9-3-2-4-16(21)20-15;;/h5-8,10,14H,2-4,9,11,18H2,1H3,(H,19,22);2*1H. The van der Waals surface area contributed by atoms with Crippen LogP contribution >= 0.6 is 24.8 Å². The van der Waals surface area contributed by atoms with E-state index in [0.29, 0.717) is 5.69 Å². The number of methoxy groups -OCH3 is 1. The lowest BCUT2D eigenvalue weighted by atomic mass is 10.1. The molecule has 3 rings (SSSR count). The summed E-state index contributed by atoms with van der Waals surface area (Å²) in [6, 6.07) is 6.99. The SMILES string of the molecule is COCC(N)C(=O)Nc1ccc(-c2cn3c(n2)CCCC3)cc1.Cl.Cl. The van der Waals surface area contributed by atoms with Crippen molar-refractivity contribution in [2.75, 3.05) is 19.0 Å². The molecule has 1 aromatic carbocycles. The Morgan fingerprint density at radius 3 is 2.68 bits per heavy atom. The van der Waals surface area contributed by atoms with Gasteiger partial charge in [-0.15, -0.1) is 24.8 Å². The van der Waals surface area contributed by atoms with E-state index in [9.17, 15) is 4.79 Å². The molecule has 8 heteroatoms. The Labute approximate surface area is 160 Å². The third-order valence-electron chi connectivity index (χ3n) is 4.04. The number of hydrogen-bond acceptors (Lipinski definition) is 4. The van der Waals surface area contributed by atoms with Crippen molar-refractivity contribution in [2.24, 2.45) is 5.73 Å². The number of hydrogen-bond donors (Lipinski definition) is 2. The van der Waals surface area contributed by atoms with Crippen LogP contribution in [-0.4, -0.2) is 35.2 Å². The minimum atomic E-state index is -0.667. The second-order valence-corrected chi connectivity index (χ2v) is 5.82. The summed E-state index contributed by atoms with van der Waals surface area (Å²) >= 11 is 0. The van der Waals surface area contributed by atoms with Gasteiger partial charge in [0.2, 0.25) is 5.91 Å². The van der Waals surface area contributed by atoms with Crippen molar-refractivity contribution >= 4 is 36.4 Å². The van der Waals surface area contributed by atoms with Crippen molar-refractivity contribution in [3.05, 3.63) is 36.3 Å². The van der Waals surface area contributed by atoms with E-state index in [-0.39, 0.29) is 37.3 Å². The summed E-state index contributed by atoms with van der Waals surface area (Å²) in [5, 5.41) is 2.78. The molecule has 138 valence electrons. The number of fused-ring (bicyclic) bond motifs is 1. The topological polar surface area (TPSA) is 82.2 Å². The van der Waals surface area contributed by atoms with Crippen LogP contribution in [0.25, 0.3) is 11.3 Å². The van der Waals surface area contributed by atoms with Gasteiger partial charge in [0.1, 0.15) is 11.9 Å². The molecule has 1 atom stereocenters. The van der Waals surface area contributed by atoms with Crippen LogP contribution < -0.4 is 11.1 Å². The van der Waals surface area contributed by atoms with Crippen molar-refractivity contribution in [2.45, 2.75) is 31.8 Å². The minimum absolute atomic E-state index is 0. The minimum Gasteiger partial charge on any atom is -0.383 e. The first-order valence-corrected chi connectivity index (χ1v) is 7.89. The number of nitrogens with zero attached hydrogens (tertiary/aromatic N) is 2. The van der Waals surface area contributed by atoms with Crippen LogP contribution in [0.3, 0.4) is 0 Å². The van der Waals surface area contributed by atoms with Crippen LogP contribution in [0.1, 0.15) is 18.7 Å². The Morgan fingerprint density at radius 1 is 1.32 bits per heavy atom. The van der Waals surface area contributed by atoms with Gasteiger partial charge in [0.15, 0.2) is 0 Å². The Morgan fingerprint density at radius 2 is 2.04 bits per heavy atom. The van der Waals surface area contributed by atoms with Crippen LogP contribution in [0.2, 0.25) is 0 Å². The van der Waals surface area contributed by atoms with Crippen molar-refractivity contribution in [3.63, 3.8) is 0 Å². The molecular formula is C17H24Cl2N4O2. The van der Waals surface area contributed by atoms with Gasteiger partial charge >= 0.3 is 0 Å². The van der Waals surface area contributed by atoms with Gasteiger partial charge in [0.05, 0.1) is 12.3 Å². The third-order valence-corrected chi connectivity index (χ3v) is 4.04. The number of aryl methyl sites for hydroxylation is 2. The van der Waals surface area contributed by atoms with Gasteiger partial charge in [-0.05, 0) is 25.0 Å². The molecule has 1 amide bonds. The summed E-state index contributed by atoms with van der Waals surface area (Å²) in [6.45, 7) is 1.25. The summed E-state index contributed by atoms with van der Waals surface area (Å²) < 4.78 is 7.12. The lowest BCUT2D eigenvalue weighted by Gasteiger charge is -2.11. The van der Waals surface area contributed by atoms with E-state index < -0.39 is 6.04 Å². The Kier molecular flexibility index (Phi) is 8.38. The third kappa shape index (κ3) is 5.19. The normalized spacial score (nSPS) is 13.8. The van der Waals surface area contributed by atoms with Crippen molar-refractivity contribution in [1.29, 1.82) is 0 Å². The highest BCUT2D eigenvalue weighted by atomic mass is 35.5. The molecule has 2 aromatic rings. The maximum Gasteiger partial charge on any atom is 0.243 e. The number of halogens is 2. The second kappa shape index (κ2) is 9.77. The van der Waals surface area contributed by atoms with Crippen LogP contribution in [0, 0.1) is 0 Å². The Bertz CT molecular complexity index is 665. The van der Waals surface area contributed by atoms with Gasteiger partial charge in [-0.2, -0.15) is 0 Å². The number of carbonyl (C=O) groups excluding carboxylic acids is 1. The molecule has 1 aromatic heterocycles. The summed E-state index contributed by atoms with van der Waals surface area (Å²) in [4.78, 5) is 16.6. The van der Waals surface area contributed by atoms with E-state index in [4.69, 9.17) is 15.5 Å². The summed E-state index contributed by atoms with van der Waals surface area (Å²) in [5.74, 6) is 0.909. The molecule has 1 aliphatic heterocycles. The summed E-state index contributed by atoms with van der Waals surface area (Å²) in [7, 11) is 1.52. The van der Waals surface area contributed by atoms with Crippen molar-refractivity contribution in [3.8, 4) is 11.3 Å². The Hall–Kier alpha value is -1.60. The number of carbonyl (C=O) groups is 1. The number of nitrogens with two attached hydrogens (primary N) is 1. The molecule has 1 aliphatic rings. The van der Waals surface area contributed by atoms with Gasteiger partial charge in [0.25, 0.3) is 0 Å². The van der Waals surface area contributed by atoms with Crippen LogP contribution in [0.5, 0.6) is 0 Å². The first-order chi connectivity index (χ1) is 11.2. The quantitative estimate of drug-likeness (QED) is 0.827. The fraction of sp³-hybridized carbons (Fsp3) is 0.412. The molecule has 3 N–H and O–H groups in total. The highest BCUT2D eigenvalue weighted by Crippen LogP contribution is 2.23. The monoisotopic (exact) mass is 386 g/mol. The smallest absolute Gasteiger partial charge is 0.243 e. The average Bonchev–Trinajstić information content (AvgIpc) is 2.99. The first-order valence-electron chi connectivity index (χ1n) is 7.89. The van der Waals surface area contributed by atoms with Crippen molar-refractivity contribution in [1.82, 2.24) is 9.55 Å². The van der Waals surface area contributed by atoms with Gasteiger partial charge in [-0.1, -0.05) is 12.1 Å². The highest BCUT2D eigenvalue weighted by Gasteiger charge is 2.15. The number of benzene rings is 1. The molecule has 1 unspecified atom stereocenters. The van der Waals surface area contributed by atoms with E-state index in [1.807, 2.05) is 24.3 Å². The molecule has 2 heterocycles. The van der Waals surface area contributed by atoms with Gasteiger partial charge in [-0.3, -0.25) is 4.79 Å². The predicted molar refractivity (Wildman–Crippen MR) is 104 cm³/mol. The molecule has 0 saturated heterocycles. The van der Waals surface area contributed by atoms with Crippen LogP contribution in [0.15, 0.2) is 30.5 Å². The summed E-state index contributed by atoms with van der Waals surface area (Å²) in [6.07, 6.45) is 5.58. The Balaban J connectivity index is 0.00000156. The maximum absolute atomic E-state index is 11.9. The average molecular weight is 387 g/mol. The lowest BCUT2D eigenvalue weighted by Crippen LogP contribution is -2.39. The van der Waals surface area contributed by atoms with E-state index in [2.05, 4.69) is 16.1 Å². The van der Waals surface area contributed by atoms with Gasteiger partial charge < -0.3 is 20.4 Å². The largest absolute Gasteiger partial charge is 0.383 e. The zero-order valence-electron chi connectivity index (χ0n) is 14.1. The molecule has 0 fully saturated rings. The molecule has 0 radical (unpaired) electrons. The zero-order chi connectivity index (χ0) is 16.2. The van der Waals surface area contributed by atoms with Crippen LogP contribution in [-0.2, 0) is 22.5 Å². The number of amides is 1. The maximum atomic E-state index is 11.9. The van der Waals surface area contributed by atoms with E-state index in [1.165, 1.54) is 20.0 Å². The van der Waals surface area contributed by atoms with E-state index in [0.717, 1.165) is 30.0 Å². The zero-order valence-corrected chi connectivity index (χ0v) is 15.7. The first kappa shape index (κ1) is 21.4. The number of nitrogens with one attached hydrogen (secondary N) is 1. The molecule has 0 spiro atoms. The fourth-order valence-corrected chi connectivity index (χ4v) is 2.77. The highest BCUT2D eigenvalue weighted by molar-refractivity contribution is 5.94. The van der Waals surface area contributed by atoms with E-state index in [1.54, 1.807) is 0 Å². The molecular weight excluding hydrogens is 363 g/mol. The van der Waals surface area contributed by atoms with Gasteiger partial charge in [0, 0.05) is 37.5 Å². The van der Waals surface area contributed by atoms with Crippen molar-refractivity contribution < 1.29 is 9.53 Å². The molecule has 0 saturated carbocycles. The number of ether oxygens (including phenoxy) is 1. The fourth-order valence-electron chi connectivity index (χ4n) is 2.77. The lowest BCUT2D eigenvalue weighted by molar-refractivity contribution is -0.118. The number of rotatable bonds is 5. The molecule has 0 bridgehead atoms. The van der Waals surface area contributed by atoms with Gasteiger partial charge in [-0.25, -0.2) is 4.98 Å².